The van der Waals surface area contributed by atoms with Crippen molar-refractivity contribution in [3.05, 3.63) is 30.1 Å². The lowest BCUT2D eigenvalue weighted by molar-refractivity contribution is 0.598. The van der Waals surface area contributed by atoms with E-state index in [4.69, 9.17) is 5.73 Å². The van der Waals surface area contributed by atoms with E-state index >= 15 is 0 Å². The lowest BCUT2D eigenvalue weighted by atomic mass is 10.3. The van der Waals surface area contributed by atoms with Crippen molar-refractivity contribution in [1.82, 2.24) is 15.0 Å². The molecule has 0 unspecified atom stereocenters. The van der Waals surface area contributed by atoms with Crippen LogP contribution in [-0.2, 0) is 10.0 Å². The number of benzene rings is 1. The zero-order valence-corrected chi connectivity index (χ0v) is 13.9. The second kappa shape index (κ2) is 7.23. The predicted octanol–water partition coefficient (Wildman–Crippen LogP) is 2.05. The highest BCUT2D eigenvalue weighted by atomic mass is 32.2. The monoisotopic (exact) mass is 336 g/mol. The number of nitrogens with one attached hydrogen (secondary N) is 2. The molecule has 1 aromatic carbocycles. The molecule has 4 N–H and O–H groups in total. The minimum atomic E-state index is -3.30. The number of hydrogen-bond acceptors (Lipinski definition) is 7. The highest BCUT2D eigenvalue weighted by Crippen LogP contribution is 2.18. The van der Waals surface area contributed by atoms with Gasteiger partial charge in [-0.05, 0) is 37.6 Å². The Labute approximate surface area is 135 Å². The lowest BCUT2D eigenvalue weighted by Gasteiger charge is -2.09. The van der Waals surface area contributed by atoms with E-state index in [1.165, 1.54) is 0 Å². The van der Waals surface area contributed by atoms with Crippen LogP contribution < -0.4 is 15.8 Å². The number of rotatable bonds is 7. The van der Waals surface area contributed by atoms with Crippen LogP contribution in [0.4, 0.5) is 23.3 Å². The van der Waals surface area contributed by atoms with E-state index in [0.717, 1.165) is 6.42 Å². The Hall–Kier alpha value is -2.42. The number of anilines is 4. The SMILES string of the molecule is CCCCS(=O)(=O)Nc1ccc(Nc2nc(C)nc(N)n2)cc1. The number of nitrogens with zero attached hydrogens (tertiary/aromatic N) is 3. The van der Waals surface area contributed by atoms with Gasteiger partial charge in [-0.15, -0.1) is 0 Å². The highest BCUT2D eigenvalue weighted by molar-refractivity contribution is 7.92. The number of aryl methyl sites for hydroxylation is 1. The standard InChI is InChI=1S/C14H20N6O2S/c1-3-4-9-23(21,22)20-12-7-5-11(6-8-12)18-14-17-10(2)16-13(15)19-14/h5-8,20H,3-4,9H2,1-2H3,(H3,15,16,17,18,19). The van der Waals surface area contributed by atoms with Crippen LogP contribution in [0.5, 0.6) is 0 Å². The molecule has 0 aliphatic heterocycles. The molecule has 1 heterocycles. The predicted molar refractivity (Wildman–Crippen MR) is 91.0 cm³/mol. The topological polar surface area (TPSA) is 123 Å². The minimum Gasteiger partial charge on any atom is -0.368 e. The van der Waals surface area contributed by atoms with Crippen LogP contribution in [-0.4, -0.2) is 29.1 Å². The van der Waals surface area contributed by atoms with Gasteiger partial charge in [0.25, 0.3) is 0 Å². The van der Waals surface area contributed by atoms with E-state index in [1.807, 2.05) is 6.92 Å². The van der Waals surface area contributed by atoms with Gasteiger partial charge in [0.15, 0.2) is 0 Å². The third kappa shape index (κ3) is 5.37. The summed E-state index contributed by atoms with van der Waals surface area (Å²) in [6.45, 7) is 3.67. The first-order chi connectivity index (χ1) is 10.9. The van der Waals surface area contributed by atoms with Gasteiger partial charge in [0, 0.05) is 11.4 Å². The Bertz CT molecular complexity index is 741. The van der Waals surface area contributed by atoms with Crippen molar-refractivity contribution in [3.8, 4) is 0 Å². The Morgan fingerprint density at radius 3 is 2.35 bits per heavy atom. The molecule has 8 nitrogen and oxygen atoms in total. The van der Waals surface area contributed by atoms with Gasteiger partial charge in [-0.25, -0.2) is 8.42 Å². The van der Waals surface area contributed by atoms with Gasteiger partial charge in [-0.3, -0.25) is 4.72 Å². The largest absolute Gasteiger partial charge is 0.368 e. The molecule has 2 aromatic rings. The Morgan fingerprint density at radius 2 is 1.74 bits per heavy atom. The molecule has 0 aliphatic carbocycles. The van der Waals surface area contributed by atoms with Crippen LogP contribution in [0.25, 0.3) is 0 Å². The van der Waals surface area contributed by atoms with Crippen LogP contribution in [0.1, 0.15) is 25.6 Å². The summed E-state index contributed by atoms with van der Waals surface area (Å²) in [4.78, 5) is 12.0. The number of nitrogen functional groups attached to an aromatic ring is 1. The minimum absolute atomic E-state index is 0.118. The maximum atomic E-state index is 11.8. The highest BCUT2D eigenvalue weighted by Gasteiger charge is 2.09. The Kier molecular flexibility index (Phi) is 5.32. The summed E-state index contributed by atoms with van der Waals surface area (Å²) in [5.41, 5.74) is 6.79. The average molecular weight is 336 g/mol. The third-order valence-electron chi connectivity index (χ3n) is 2.95. The van der Waals surface area contributed by atoms with Gasteiger partial charge >= 0.3 is 0 Å². The molecule has 23 heavy (non-hydrogen) atoms. The van der Waals surface area contributed by atoms with Crippen molar-refractivity contribution in [3.63, 3.8) is 0 Å². The van der Waals surface area contributed by atoms with Gasteiger partial charge in [-0.1, -0.05) is 13.3 Å². The molecule has 1 aromatic heterocycles. The van der Waals surface area contributed by atoms with Crippen molar-refractivity contribution in [2.24, 2.45) is 0 Å². The first kappa shape index (κ1) is 16.9. The van der Waals surface area contributed by atoms with Crippen molar-refractivity contribution in [2.75, 3.05) is 21.5 Å². The maximum Gasteiger partial charge on any atom is 0.232 e. The van der Waals surface area contributed by atoms with E-state index < -0.39 is 10.0 Å². The number of aromatic nitrogens is 3. The van der Waals surface area contributed by atoms with Crippen LogP contribution in [0.2, 0.25) is 0 Å². The Balaban J connectivity index is 2.04. The lowest BCUT2D eigenvalue weighted by Crippen LogP contribution is -2.16. The van der Waals surface area contributed by atoms with Crippen LogP contribution in [0.15, 0.2) is 24.3 Å². The van der Waals surface area contributed by atoms with Gasteiger partial charge in [0.2, 0.25) is 21.9 Å². The zero-order chi connectivity index (χ0) is 16.9. The summed E-state index contributed by atoms with van der Waals surface area (Å²) >= 11 is 0. The van der Waals surface area contributed by atoms with Gasteiger partial charge in [-0.2, -0.15) is 15.0 Å². The molecule has 0 saturated heterocycles. The number of sulfonamides is 1. The van der Waals surface area contributed by atoms with E-state index in [-0.39, 0.29) is 11.7 Å². The summed E-state index contributed by atoms with van der Waals surface area (Å²) < 4.78 is 26.2. The molecule has 0 bridgehead atoms. The average Bonchev–Trinajstić information content (AvgIpc) is 2.46. The van der Waals surface area contributed by atoms with Crippen molar-refractivity contribution < 1.29 is 8.42 Å². The normalized spacial score (nSPS) is 11.2. The molecule has 0 aliphatic rings. The van der Waals surface area contributed by atoms with E-state index in [1.54, 1.807) is 31.2 Å². The van der Waals surface area contributed by atoms with E-state index in [9.17, 15) is 8.42 Å². The summed E-state index contributed by atoms with van der Waals surface area (Å²) in [5, 5.41) is 2.99. The fraction of sp³-hybridized carbons (Fsp3) is 0.357. The molecule has 0 fully saturated rings. The summed E-state index contributed by atoms with van der Waals surface area (Å²) in [5.74, 6) is 1.11. The molecule has 0 amide bonds. The zero-order valence-electron chi connectivity index (χ0n) is 13.1. The van der Waals surface area contributed by atoms with Crippen LogP contribution >= 0.6 is 0 Å². The van der Waals surface area contributed by atoms with Crippen molar-refractivity contribution >= 4 is 33.3 Å². The van der Waals surface area contributed by atoms with Crippen LogP contribution in [0, 0.1) is 6.92 Å². The fourth-order valence-corrected chi connectivity index (χ4v) is 3.14. The molecule has 0 radical (unpaired) electrons. The molecular formula is C14H20N6O2S. The number of nitrogens with two attached hydrogens (primary N) is 1. The van der Waals surface area contributed by atoms with E-state index in [2.05, 4.69) is 25.0 Å². The van der Waals surface area contributed by atoms with E-state index in [0.29, 0.717) is 29.6 Å². The quantitative estimate of drug-likeness (QED) is 0.707. The molecule has 0 atom stereocenters. The summed E-state index contributed by atoms with van der Waals surface area (Å²) in [6.07, 6.45) is 1.47. The van der Waals surface area contributed by atoms with Crippen molar-refractivity contribution in [1.29, 1.82) is 0 Å². The van der Waals surface area contributed by atoms with Gasteiger partial charge < -0.3 is 11.1 Å². The summed E-state index contributed by atoms with van der Waals surface area (Å²) in [7, 11) is -3.30. The number of unbranched alkanes of at least 4 members (excludes halogenated alkanes) is 1. The number of hydrogen-bond donors (Lipinski definition) is 3. The molecule has 0 spiro atoms. The first-order valence-electron chi connectivity index (χ1n) is 7.23. The smallest absolute Gasteiger partial charge is 0.232 e. The Morgan fingerprint density at radius 1 is 1.09 bits per heavy atom. The fourth-order valence-electron chi connectivity index (χ4n) is 1.87. The van der Waals surface area contributed by atoms with Crippen LogP contribution in [0.3, 0.4) is 0 Å². The summed E-state index contributed by atoms with van der Waals surface area (Å²) in [6, 6.07) is 6.80. The molecule has 0 saturated carbocycles. The van der Waals surface area contributed by atoms with Crippen molar-refractivity contribution in [2.45, 2.75) is 26.7 Å². The first-order valence-corrected chi connectivity index (χ1v) is 8.89. The van der Waals surface area contributed by atoms with Gasteiger partial charge in [0.05, 0.1) is 5.75 Å². The van der Waals surface area contributed by atoms with Gasteiger partial charge in [0.1, 0.15) is 5.82 Å². The molecule has 2 rings (SSSR count). The second-order valence-corrected chi connectivity index (χ2v) is 6.88. The molecule has 124 valence electrons. The maximum absolute atomic E-state index is 11.8. The third-order valence-corrected chi connectivity index (χ3v) is 4.32. The molecule has 9 heteroatoms. The second-order valence-electron chi connectivity index (χ2n) is 5.04. The molecular weight excluding hydrogens is 316 g/mol.